The minimum atomic E-state index is -3.59. The van der Waals surface area contributed by atoms with Crippen molar-refractivity contribution in [1.29, 1.82) is 0 Å². The Morgan fingerprint density at radius 2 is 1.76 bits per heavy atom. The molecule has 0 unspecified atom stereocenters. The Hall–Kier alpha value is -1.84. The number of carbonyl (C=O) groups is 1. The number of sulfonamides is 1. The van der Waals surface area contributed by atoms with Crippen LogP contribution in [0.25, 0.3) is 0 Å². The second-order valence-corrected chi connectivity index (χ2v) is 9.14. The number of nitrogens with zero attached hydrogens (tertiary/aromatic N) is 2. The van der Waals surface area contributed by atoms with Crippen LogP contribution in [0.3, 0.4) is 0 Å². The van der Waals surface area contributed by atoms with Gasteiger partial charge < -0.3 is 4.90 Å². The normalized spacial score (nSPS) is 16.2. The third-order valence-electron chi connectivity index (χ3n) is 3.99. The summed E-state index contributed by atoms with van der Waals surface area (Å²) >= 11 is 1.19. The third-order valence-corrected chi connectivity index (χ3v) is 7.36. The molecule has 0 atom stereocenters. The van der Waals surface area contributed by atoms with E-state index in [9.17, 15) is 22.0 Å². The fourth-order valence-corrected chi connectivity index (χ4v) is 5.50. The number of hydrogen-bond donors (Lipinski definition) is 0. The molecule has 1 aromatic heterocycles. The smallest absolute Gasteiger partial charge is 0.257 e. The van der Waals surface area contributed by atoms with E-state index in [0.29, 0.717) is 0 Å². The highest BCUT2D eigenvalue weighted by Gasteiger charge is 2.32. The molecular formula is C16H16F2N2O3S2. The molecule has 5 nitrogen and oxygen atoms in total. The van der Waals surface area contributed by atoms with Crippen LogP contribution in [0, 0.1) is 18.6 Å². The van der Waals surface area contributed by atoms with E-state index < -0.39 is 27.6 Å². The van der Waals surface area contributed by atoms with Gasteiger partial charge in [-0.1, -0.05) is 0 Å². The Balaban J connectivity index is 1.71. The van der Waals surface area contributed by atoms with Gasteiger partial charge in [0, 0.05) is 31.1 Å². The standard InChI is InChI=1S/C16H16F2N2O3S2/c1-11-2-5-15(24-11)25(22,23)20-8-6-19(7-9-20)16(21)13-10-12(17)3-4-14(13)18/h2-5,10H,6-9H2,1H3. The molecular weight excluding hydrogens is 370 g/mol. The molecule has 0 aliphatic carbocycles. The number of thiophene rings is 1. The number of aryl methyl sites for hydroxylation is 1. The van der Waals surface area contributed by atoms with Crippen molar-refractivity contribution in [2.75, 3.05) is 26.2 Å². The number of halogens is 2. The highest BCUT2D eigenvalue weighted by molar-refractivity contribution is 7.91. The molecule has 0 spiro atoms. The van der Waals surface area contributed by atoms with Gasteiger partial charge in [-0.3, -0.25) is 4.79 Å². The molecule has 0 radical (unpaired) electrons. The van der Waals surface area contributed by atoms with Gasteiger partial charge in [0.25, 0.3) is 15.9 Å². The summed E-state index contributed by atoms with van der Waals surface area (Å²) < 4.78 is 53.7. The zero-order valence-corrected chi connectivity index (χ0v) is 15.0. The lowest BCUT2D eigenvalue weighted by atomic mass is 10.1. The zero-order chi connectivity index (χ0) is 18.2. The molecule has 2 aromatic rings. The molecule has 9 heteroatoms. The number of piperazine rings is 1. The van der Waals surface area contributed by atoms with E-state index in [-0.39, 0.29) is 36.0 Å². The van der Waals surface area contributed by atoms with Crippen molar-refractivity contribution in [3.05, 3.63) is 52.4 Å². The van der Waals surface area contributed by atoms with Crippen molar-refractivity contribution in [1.82, 2.24) is 9.21 Å². The number of benzene rings is 1. The maximum Gasteiger partial charge on any atom is 0.257 e. The SMILES string of the molecule is Cc1ccc(S(=O)(=O)N2CCN(C(=O)c3cc(F)ccc3F)CC2)s1. The predicted molar refractivity (Wildman–Crippen MR) is 90.1 cm³/mol. The van der Waals surface area contributed by atoms with E-state index in [0.717, 1.165) is 23.1 Å². The summed E-state index contributed by atoms with van der Waals surface area (Å²) in [4.78, 5) is 14.6. The quantitative estimate of drug-likeness (QED) is 0.814. The zero-order valence-electron chi connectivity index (χ0n) is 13.4. The highest BCUT2D eigenvalue weighted by Crippen LogP contribution is 2.25. The summed E-state index contributed by atoms with van der Waals surface area (Å²) in [6.07, 6.45) is 0. The summed E-state index contributed by atoms with van der Waals surface area (Å²) in [7, 11) is -3.59. The second-order valence-electron chi connectivity index (χ2n) is 5.69. The summed E-state index contributed by atoms with van der Waals surface area (Å²) in [6, 6.07) is 6.01. The molecule has 1 aromatic carbocycles. The lowest BCUT2D eigenvalue weighted by Crippen LogP contribution is -2.50. The van der Waals surface area contributed by atoms with E-state index in [1.54, 1.807) is 12.1 Å². The van der Waals surface area contributed by atoms with Crippen molar-refractivity contribution in [2.24, 2.45) is 0 Å². The molecule has 0 bridgehead atoms. The molecule has 25 heavy (non-hydrogen) atoms. The highest BCUT2D eigenvalue weighted by atomic mass is 32.2. The number of hydrogen-bond acceptors (Lipinski definition) is 4. The molecule has 3 rings (SSSR count). The number of carbonyl (C=O) groups excluding carboxylic acids is 1. The molecule has 1 saturated heterocycles. The van der Waals surface area contributed by atoms with Crippen molar-refractivity contribution in [2.45, 2.75) is 11.1 Å². The van der Waals surface area contributed by atoms with Crippen LogP contribution in [-0.2, 0) is 10.0 Å². The number of rotatable bonds is 3. The maximum atomic E-state index is 13.7. The van der Waals surface area contributed by atoms with E-state index in [1.165, 1.54) is 20.5 Å². The first kappa shape index (κ1) is 18.0. The lowest BCUT2D eigenvalue weighted by Gasteiger charge is -2.33. The van der Waals surface area contributed by atoms with Gasteiger partial charge >= 0.3 is 0 Å². The van der Waals surface area contributed by atoms with Crippen LogP contribution in [0.15, 0.2) is 34.5 Å². The summed E-state index contributed by atoms with van der Waals surface area (Å²) in [5.74, 6) is -2.13. The second kappa shape index (κ2) is 6.81. The van der Waals surface area contributed by atoms with Gasteiger partial charge in [0.1, 0.15) is 15.8 Å². The van der Waals surface area contributed by atoms with Crippen molar-refractivity contribution >= 4 is 27.3 Å². The van der Waals surface area contributed by atoms with Crippen LogP contribution >= 0.6 is 11.3 Å². The summed E-state index contributed by atoms with van der Waals surface area (Å²) in [5, 5.41) is 0. The molecule has 134 valence electrons. The van der Waals surface area contributed by atoms with Crippen LogP contribution in [0.1, 0.15) is 15.2 Å². The molecule has 1 aliphatic heterocycles. The van der Waals surface area contributed by atoms with Gasteiger partial charge in [-0.15, -0.1) is 11.3 Å². The van der Waals surface area contributed by atoms with Gasteiger partial charge in [0.2, 0.25) is 0 Å². The van der Waals surface area contributed by atoms with Crippen molar-refractivity contribution in [3.8, 4) is 0 Å². The van der Waals surface area contributed by atoms with Gasteiger partial charge in [-0.05, 0) is 37.3 Å². The third kappa shape index (κ3) is 3.58. The lowest BCUT2D eigenvalue weighted by molar-refractivity contribution is 0.0692. The monoisotopic (exact) mass is 386 g/mol. The average molecular weight is 386 g/mol. The Labute approximate surface area is 148 Å². The maximum absolute atomic E-state index is 13.7. The first-order chi connectivity index (χ1) is 11.8. The Morgan fingerprint density at radius 1 is 1.08 bits per heavy atom. The molecule has 1 fully saturated rings. The summed E-state index contributed by atoms with van der Waals surface area (Å²) in [6.45, 7) is 2.30. The number of amides is 1. The van der Waals surface area contributed by atoms with Gasteiger partial charge in [-0.2, -0.15) is 4.31 Å². The Kier molecular flexibility index (Phi) is 4.90. The van der Waals surface area contributed by atoms with Crippen LogP contribution in [0.2, 0.25) is 0 Å². The van der Waals surface area contributed by atoms with Crippen molar-refractivity contribution < 1.29 is 22.0 Å². The molecule has 0 N–H and O–H groups in total. The van der Waals surface area contributed by atoms with Crippen molar-refractivity contribution in [3.63, 3.8) is 0 Å². The van der Waals surface area contributed by atoms with Crippen LogP contribution in [0.4, 0.5) is 8.78 Å². The van der Waals surface area contributed by atoms with Gasteiger partial charge in [0.05, 0.1) is 5.56 Å². The van der Waals surface area contributed by atoms with Crippen LogP contribution in [0.5, 0.6) is 0 Å². The van der Waals surface area contributed by atoms with Crippen LogP contribution < -0.4 is 0 Å². The van der Waals surface area contributed by atoms with Crippen LogP contribution in [-0.4, -0.2) is 49.7 Å². The fraction of sp³-hybridized carbons (Fsp3) is 0.312. The predicted octanol–water partition coefficient (Wildman–Crippen LogP) is 2.48. The minimum absolute atomic E-state index is 0.113. The Morgan fingerprint density at radius 3 is 2.36 bits per heavy atom. The van der Waals surface area contributed by atoms with E-state index in [4.69, 9.17) is 0 Å². The summed E-state index contributed by atoms with van der Waals surface area (Å²) in [5.41, 5.74) is -0.342. The van der Waals surface area contributed by atoms with E-state index in [2.05, 4.69) is 0 Å². The minimum Gasteiger partial charge on any atom is -0.336 e. The largest absolute Gasteiger partial charge is 0.336 e. The molecule has 1 amide bonds. The Bertz CT molecular complexity index is 904. The van der Waals surface area contributed by atoms with E-state index in [1.807, 2.05) is 6.92 Å². The first-order valence-electron chi connectivity index (χ1n) is 7.60. The topological polar surface area (TPSA) is 57.7 Å². The van der Waals surface area contributed by atoms with E-state index >= 15 is 0 Å². The molecule has 1 aliphatic rings. The van der Waals surface area contributed by atoms with Gasteiger partial charge in [0.15, 0.2) is 0 Å². The fourth-order valence-electron chi connectivity index (χ4n) is 2.64. The molecule has 2 heterocycles. The molecule has 0 saturated carbocycles. The first-order valence-corrected chi connectivity index (χ1v) is 9.85. The average Bonchev–Trinajstić information content (AvgIpc) is 3.04. The van der Waals surface area contributed by atoms with Gasteiger partial charge in [-0.25, -0.2) is 17.2 Å².